The van der Waals surface area contributed by atoms with E-state index in [0.717, 1.165) is 12.1 Å². The number of H-pyrrole nitrogens is 2. The molecule has 5 nitrogen and oxygen atoms in total. The Morgan fingerprint density at radius 1 is 1.46 bits per heavy atom. The fourth-order valence-electron chi connectivity index (χ4n) is 1.59. The van der Waals surface area contributed by atoms with Gasteiger partial charge in [-0.05, 0) is 0 Å². The van der Waals surface area contributed by atoms with Gasteiger partial charge in [0.15, 0.2) is 0 Å². The van der Waals surface area contributed by atoms with E-state index in [1.165, 1.54) is 6.92 Å². The summed E-state index contributed by atoms with van der Waals surface area (Å²) in [5.74, 6) is 0.0197. The molecule has 5 heteroatoms. The Morgan fingerprint density at radius 2 is 2.23 bits per heavy atom. The number of fused-ring (bicyclic) bond motifs is 1. The standard InChI is InChI=1S/C8H11N3O2/c1-5(12)11-3-2-7-6(4-11)8(13)10-9-7/h2-4H2,1H3,(H2,9,10,13). The van der Waals surface area contributed by atoms with Gasteiger partial charge in [-0.3, -0.25) is 14.7 Å². The van der Waals surface area contributed by atoms with Crippen LogP contribution in [0.4, 0.5) is 0 Å². The Balaban J connectivity index is 2.33. The molecule has 2 N–H and O–H groups in total. The smallest absolute Gasteiger partial charge is 0.269 e. The number of rotatable bonds is 0. The van der Waals surface area contributed by atoms with Crippen LogP contribution >= 0.6 is 0 Å². The summed E-state index contributed by atoms with van der Waals surface area (Å²) < 4.78 is 0. The van der Waals surface area contributed by atoms with E-state index in [-0.39, 0.29) is 11.5 Å². The fraction of sp³-hybridized carbons (Fsp3) is 0.500. The number of nitrogens with zero attached hydrogens (tertiary/aromatic N) is 1. The summed E-state index contributed by atoms with van der Waals surface area (Å²) in [6.07, 6.45) is 0.730. The van der Waals surface area contributed by atoms with Crippen LogP contribution in [0.15, 0.2) is 4.79 Å². The van der Waals surface area contributed by atoms with Crippen LogP contribution in [0.5, 0.6) is 0 Å². The van der Waals surface area contributed by atoms with Crippen molar-refractivity contribution >= 4 is 5.91 Å². The molecule has 0 saturated carbocycles. The molecule has 0 radical (unpaired) electrons. The molecule has 0 spiro atoms. The van der Waals surface area contributed by atoms with Gasteiger partial charge in [0.25, 0.3) is 5.56 Å². The summed E-state index contributed by atoms with van der Waals surface area (Å²) in [4.78, 5) is 23.9. The van der Waals surface area contributed by atoms with E-state index in [9.17, 15) is 9.59 Å². The van der Waals surface area contributed by atoms with Crippen molar-refractivity contribution < 1.29 is 4.79 Å². The largest absolute Gasteiger partial charge is 0.338 e. The molecular formula is C8H11N3O2. The van der Waals surface area contributed by atoms with Crippen molar-refractivity contribution in [3.05, 3.63) is 21.6 Å². The highest BCUT2D eigenvalue weighted by Crippen LogP contribution is 2.12. The van der Waals surface area contributed by atoms with Crippen LogP contribution in [0.3, 0.4) is 0 Å². The van der Waals surface area contributed by atoms with Gasteiger partial charge < -0.3 is 10.00 Å². The summed E-state index contributed by atoms with van der Waals surface area (Å²) in [5, 5.41) is 5.33. The molecule has 0 aromatic carbocycles. The minimum Gasteiger partial charge on any atom is -0.338 e. The van der Waals surface area contributed by atoms with Gasteiger partial charge in [-0.15, -0.1) is 0 Å². The third-order valence-electron chi connectivity index (χ3n) is 2.39. The average molecular weight is 181 g/mol. The van der Waals surface area contributed by atoms with Gasteiger partial charge in [0, 0.05) is 25.6 Å². The zero-order chi connectivity index (χ0) is 9.42. The first-order valence-corrected chi connectivity index (χ1v) is 4.22. The lowest BCUT2D eigenvalue weighted by atomic mass is 10.1. The van der Waals surface area contributed by atoms with E-state index < -0.39 is 0 Å². The highest BCUT2D eigenvalue weighted by molar-refractivity contribution is 5.73. The van der Waals surface area contributed by atoms with Crippen molar-refractivity contribution in [1.29, 1.82) is 0 Å². The molecule has 1 amide bonds. The monoisotopic (exact) mass is 181 g/mol. The zero-order valence-electron chi connectivity index (χ0n) is 7.39. The van der Waals surface area contributed by atoms with Gasteiger partial charge in [0.05, 0.1) is 12.1 Å². The lowest BCUT2D eigenvalue weighted by Gasteiger charge is -2.24. The number of aromatic amines is 2. The Bertz CT molecular complexity index is 390. The van der Waals surface area contributed by atoms with Gasteiger partial charge in [-0.1, -0.05) is 0 Å². The molecule has 1 aliphatic rings. The minimum atomic E-state index is -0.110. The summed E-state index contributed by atoms with van der Waals surface area (Å²) in [7, 11) is 0. The second kappa shape index (κ2) is 2.76. The van der Waals surface area contributed by atoms with E-state index in [1.807, 2.05) is 0 Å². The van der Waals surface area contributed by atoms with Crippen molar-refractivity contribution in [3.63, 3.8) is 0 Å². The van der Waals surface area contributed by atoms with Crippen molar-refractivity contribution in [2.45, 2.75) is 19.9 Å². The van der Waals surface area contributed by atoms with Crippen LogP contribution in [0.2, 0.25) is 0 Å². The van der Waals surface area contributed by atoms with E-state index in [2.05, 4.69) is 10.2 Å². The second-order valence-corrected chi connectivity index (χ2v) is 3.23. The molecule has 2 rings (SSSR count). The number of aromatic nitrogens is 2. The molecule has 0 saturated heterocycles. The summed E-state index contributed by atoms with van der Waals surface area (Å²) in [6.45, 7) is 2.64. The Hall–Kier alpha value is -1.52. The van der Waals surface area contributed by atoms with Gasteiger partial charge in [-0.2, -0.15) is 0 Å². The highest BCUT2D eigenvalue weighted by atomic mass is 16.2. The Labute approximate surface area is 74.7 Å². The predicted octanol–water partition coefficient (Wildman–Crippen LogP) is -0.392. The molecule has 1 aromatic rings. The molecule has 13 heavy (non-hydrogen) atoms. The van der Waals surface area contributed by atoms with Crippen LogP contribution in [0, 0.1) is 0 Å². The van der Waals surface area contributed by atoms with Crippen LogP contribution in [0.25, 0.3) is 0 Å². The average Bonchev–Trinajstić information content (AvgIpc) is 2.47. The normalized spacial score (nSPS) is 15.6. The molecule has 70 valence electrons. The predicted molar refractivity (Wildman–Crippen MR) is 46.2 cm³/mol. The molecular weight excluding hydrogens is 170 g/mol. The van der Waals surface area contributed by atoms with Crippen LogP contribution in [-0.4, -0.2) is 27.5 Å². The first-order chi connectivity index (χ1) is 6.18. The first-order valence-electron chi connectivity index (χ1n) is 4.22. The maximum Gasteiger partial charge on any atom is 0.269 e. The maximum atomic E-state index is 11.2. The quantitative estimate of drug-likeness (QED) is 0.572. The van der Waals surface area contributed by atoms with E-state index >= 15 is 0 Å². The van der Waals surface area contributed by atoms with Crippen molar-refractivity contribution in [1.82, 2.24) is 15.1 Å². The number of nitrogens with one attached hydrogen (secondary N) is 2. The lowest BCUT2D eigenvalue weighted by Crippen LogP contribution is -2.35. The van der Waals surface area contributed by atoms with Crippen molar-refractivity contribution in [3.8, 4) is 0 Å². The first kappa shape index (κ1) is 8.10. The van der Waals surface area contributed by atoms with E-state index in [4.69, 9.17) is 0 Å². The molecule has 0 unspecified atom stereocenters. The summed E-state index contributed by atoms with van der Waals surface area (Å²) in [6, 6.07) is 0. The number of hydrogen-bond donors (Lipinski definition) is 2. The van der Waals surface area contributed by atoms with Gasteiger partial charge >= 0.3 is 0 Å². The Morgan fingerprint density at radius 3 is 2.92 bits per heavy atom. The minimum absolute atomic E-state index is 0.0197. The van der Waals surface area contributed by atoms with Crippen LogP contribution in [0.1, 0.15) is 18.2 Å². The molecule has 1 aliphatic heterocycles. The van der Waals surface area contributed by atoms with E-state index in [1.54, 1.807) is 4.90 Å². The number of hydrogen-bond acceptors (Lipinski definition) is 2. The van der Waals surface area contributed by atoms with E-state index in [0.29, 0.717) is 18.7 Å². The van der Waals surface area contributed by atoms with Crippen LogP contribution < -0.4 is 5.56 Å². The topological polar surface area (TPSA) is 69.0 Å². The fourth-order valence-corrected chi connectivity index (χ4v) is 1.59. The summed E-state index contributed by atoms with van der Waals surface area (Å²) in [5.41, 5.74) is 1.52. The third-order valence-corrected chi connectivity index (χ3v) is 2.39. The maximum absolute atomic E-state index is 11.2. The van der Waals surface area contributed by atoms with Gasteiger partial charge in [-0.25, -0.2) is 0 Å². The molecule has 1 aromatic heterocycles. The lowest BCUT2D eigenvalue weighted by molar-refractivity contribution is -0.129. The van der Waals surface area contributed by atoms with Crippen LogP contribution in [-0.2, 0) is 17.8 Å². The zero-order valence-corrected chi connectivity index (χ0v) is 7.39. The van der Waals surface area contributed by atoms with Gasteiger partial charge in [0.1, 0.15) is 0 Å². The second-order valence-electron chi connectivity index (χ2n) is 3.23. The van der Waals surface area contributed by atoms with Gasteiger partial charge in [0.2, 0.25) is 5.91 Å². The van der Waals surface area contributed by atoms with Crippen molar-refractivity contribution in [2.75, 3.05) is 6.54 Å². The number of carbonyl (C=O) groups is 1. The number of carbonyl (C=O) groups excluding carboxylic acids is 1. The molecule has 0 atom stereocenters. The number of amides is 1. The highest BCUT2D eigenvalue weighted by Gasteiger charge is 2.21. The Kier molecular flexibility index (Phi) is 1.72. The van der Waals surface area contributed by atoms with Crippen molar-refractivity contribution in [2.24, 2.45) is 0 Å². The third kappa shape index (κ3) is 1.26. The molecule has 0 bridgehead atoms. The summed E-state index contributed by atoms with van der Waals surface area (Å²) >= 11 is 0. The molecule has 2 heterocycles. The molecule has 0 fully saturated rings. The molecule has 0 aliphatic carbocycles. The SMILES string of the molecule is CC(=O)N1CCc2[nH][nH]c(=O)c2C1.